The molecule has 1 fully saturated rings. The van der Waals surface area contributed by atoms with Gasteiger partial charge in [0, 0.05) is 44.5 Å². The number of carboxylic acids is 1. The summed E-state index contributed by atoms with van der Waals surface area (Å²) in [6.45, 7) is 2.53. The van der Waals surface area contributed by atoms with Crippen molar-refractivity contribution in [2.45, 2.75) is 25.3 Å². The van der Waals surface area contributed by atoms with Crippen LogP contribution in [-0.2, 0) is 10.3 Å². The molecule has 9 nitrogen and oxygen atoms in total. The van der Waals surface area contributed by atoms with Crippen LogP contribution in [0, 0.1) is 6.92 Å². The van der Waals surface area contributed by atoms with E-state index in [1.54, 1.807) is 40.3 Å². The van der Waals surface area contributed by atoms with Crippen LogP contribution >= 0.6 is 0 Å². The Bertz CT molecular complexity index is 983. The third-order valence-electron chi connectivity index (χ3n) is 4.94. The number of carbonyl (C=O) groups excluding carboxylic acids is 1. The zero-order chi connectivity index (χ0) is 18.3. The predicted octanol–water partition coefficient (Wildman–Crippen LogP) is 0.950. The number of aryl methyl sites for hydroxylation is 1. The second-order valence-corrected chi connectivity index (χ2v) is 6.54. The van der Waals surface area contributed by atoms with Crippen molar-refractivity contribution in [1.29, 1.82) is 0 Å². The van der Waals surface area contributed by atoms with E-state index in [0.29, 0.717) is 37.1 Å². The van der Waals surface area contributed by atoms with Crippen LogP contribution in [0.15, 0.2) is 37.1 Å². The Balaban J connectivity index is 1.57. The Labute approximate surface area is 148 Å². The molecule has 0 atom stereocenters. The van der Waals surface area contributed by atoms with E-state index in [0.717, 1.165) is 5.56 Å². The van der Waals surface area contributed by atoms with Gasteiger partial charge in [-0.2, -0.15) is 10.2 Å². The van der Waals surface area contributed by atoms with E-state index in [1.807, 2.05) is 6.92 Å². The van der Waals surface area contributed by atoms with Crippen molar-refractivity contribution in [2.75, 3.05) is 13.1 Å². The van der Waals surface area contributed by atoms with Crippen LogP contribution in [0.4, 0.5) is 0 Å². The number of rotatable bonds is 3. The topological polar surface area (TPSA) is 106 Å². The van der Waals surface area contributed by atoms with Crippen molar-refractivity contribution in [2.24, 2.45) is 0 Å². The lowest BCUT2D eigenvalue weighted by Gasteiger charge is -2.38. The molecule has 0 spiro atoms. The summed E-state index contributed by atoms with van der Waals surface area (Å²) in [7, 11) is 0. The maximum absolute atomic E-state index is 12.9. The number of aromatic nitrogens is 5. The summed E-state index contributed by atoms with van der Waals surface area (Å²) in [4.78, 5) is 30.7. The van der Waals surface area contributed by atoms with Gasteiger partial charge < -0.3 is 10.0 Å². The number of fused-ring (bicyclic) bond motifs is 1. The Hall–Kier alpha value is -3.23. The lowest BCUT2D eigenvalue weighted by atomic mass is 9.87. The zero-order valence-corrected chi connectivity index (χ0v) is 14.2. The number of aliphatic carboxylic acids is 1. The highest BCUT2D eigenvalue weighted by Crippen LogP contribution is 2.31. The lowest BCUT2D eigenvalue weighted by Crippen LogP contribution is -2.52. The number of carboxylic acid groups (broad SMARTS) is 1. The Morgan fingerprint density at radius 1 is 1.19 bits per heavy atom. The molecule has 1 saturated heterocycles. The van der Waals surface area contributed by atoms with Crippen LogP contribution in [0.1, 0.15) is 28.8 Å². The fourth-order valence-electron chi connectivity index (χ4n) is 3.42. The zero-order valence-electron chi connectivity index (χ0n) is 14.2. The quantitative estimate of drug-likeness (QED) is 0.751. The van der Waals surface area contributed by atoms with Gasteiger partial charge >= 0.3 is 5.97 Å². The number of amides is 1. The van der Waals surface area contributed by atoms with Gasteiger partial charge in [-0.25, -0.2) is 14.3 Å². The molecule has 26 heavy (non-hydrogen) atoms. The van der Waals surface area contributed by atoms with Gasteiger partial charge in [0.15, 0.2) is 11.2 Å². The molecule has 1 aliphatic rings. The average molecular weight is 354 g/mol. The molecule has 1 amide bonds. The first kappa shape index (κ1) is 16.2. The molecule has 0 bridgehead atoms. The number of hydrogen-bond acceptors (Lipinski definition) is 5. The van der Waals surface area contributed by atoms with Gasteiger partial charge in [0.1, 0.15) is 5.56 Å². The van der Waals surface area contributed by atoms with Gasteiger partial charge in [0.05, 0.1) is 12.4 Å². The summed E-state index contributed by atoms with van der Waals surface area (Å²) in [5, 5.41) is 18.2. The molecule has 3 aromatic rings. The lowest BCUT2D eigenvalue weighted by molar-refractivity contribution is -0.150. The van der Waals surface area contributed by atoms with Crippen molar-refractivity contribution in [3.05, 3.63) is 48.2 Å². The normalized spacial score (nSPS) is 16.7. The molecule has 4 heterocycles. The van der Waals surface area contributed by atoms with Crippen molar-refractivity contribution in [1.82, 2.24) is 29.3 Å². The first-order valence-electron chi connectivity index (χ1n) is 8.34. The van der Waals surface area contributed by atoms with E-state index in [2.05, 4.69) is 15.2 Å². The molecule has 0 unspecified atom stereocenters. The van der Waals surface area contributed by atoms with Crippen LogP contribution in [0.25, 0.3) is 5.65 Å². The molecule has 0 saturated carbocycles. The second kappa shape index (κ2) is 5.94. The van der Waals surface area contributed by atoms with Crippen molar-refractivity contribution >= 4 is 17.5 Å². The average Bonchev–Trinajstić information content (AvgIpc) is 3.27. The maximum atomic E-state index is 12.9. The Kier molecular flexibility index (Phi) is 3.71. The van der Waals surface area contributed by atoms with Gasteiger partial charge in [-0.05, 0) is 18.6 Å². The van der Waals surface area contributed by atoms with Gasteiger partial charge in [-0.3, -0.25) is 9.48 Å². The number of piperidine rings is 1. The smallest absolute Gasteiger partial charge is 0.331 e. The SMILES string of the molecule is Cc1cnn(C2(C(=O)O)CCN(C(=O)c3cnn4cccnc34)CC2)c1. The molecule has 0 aromatic carbocycles. The fourth-order valence-corrected chi connectivity index (χ4v) is 3.42. The third-order valence-corrected chi connectivity index (χ3v) is 4.94. The summed E-state index contributed by atoms with van der Waals surface area (Å²) in [6, 6.07) is 1.74. The molecular formula is C17H18N6O3. The minimum Gasteiger partial charge on any atom is -0.479 e. The summed E-state index contributed by atoms with van der Waals surface area (Å²) < 4.78 is 3.06. The molecule has 4 rings (SSSR count). The predicted molar refractivity (Wildman–Crippen MR) is 90.7 cm³/mol. The molecule has 3 aromatic heterocycles. The van der Waals surface area contributed by atoms with E-state index < -0.39 is 11.5 Å². The third kappa shape index (κ3) is 2.43. The Morgan fingerprint density at radius 2 is 1.96 bits per heavy atom. The van der Waals surface area contributed by atoms with Crippen molar-refractivity contribution in [3.8, 4) is 0 Å². The van der Waals surface area contributed by atoms with Crippen LogP contribution in [0.3, 0.4) is 0 Å². The van der Waals surface area contributed by atoms with Crippen molar-refractivity contribution in [3.63, 3.8) is 0 Å². The molecule has 0 aliphatic carbocycles. The minimum atomic E-state index is -1.12. The fraction of sp³-hybridized carbons (Fsp3) is 0.353. The van der Waals surface area contributed by atoms with Crippen LogP contribution in [0.5, 0.6) is 0 Å². The summed E-state index contributed by atoms with van der Waals surface area (Å²) in [5.41, 5.74) is 0.699. The molecule has 9 heteroatoms. The van der Waals surface area contributed by atoms with E-state index in [1.165, 1.54) is 10.9 Å². The summed E-state index contributed by atoms with van der Waals surface area (Å²) in [6.07, 6.45) is 8.81. The Morgan fingerprint density at radius 3 is 2.62 bits per heavy atom. The monoisotopic (exact) mass is 354 g/mol. The van der Waals surface area contributed by atoms with E-state index >= 15 is 0 Å². The van der Waals surface area contributed by atoms with Crippen molar-refractivity contribution < 1.29 is 14.7 Å². The van der Waals surface area contributed by atoms with E-state index in [9.17, 15) is 14.7 Å². The van der Waals surface area contributed by atoms with E-state index in [-0.39, 0.29) is 5.91 Å². The first-order valence-corrected chi connectivity index (χ1v) is 8.34. The minimum absolute atomic E-state index is 0.186. The number of nitrogens with zero attached hydrogens (tertiary/aromatic N) is 6. The summed E-state index contributed by atoms with van der Waals surface area (Å²) >= 11 is 0. The number of carbonyl (C=O) groups is 2. The standard InChI is InChI=1S/C17H18N6O3/c1-12-9-20-23(11-12)17(16(25)26)3-7-21(8-4-17)15(24)13-10-19-22-6-2-5-18-14(13)22/h2,5-6,9-11H,3-4,7-8H2,1H3,(H,25,26). The summed E-state index contributed by atoms with van der Waals surface area (Å²) in [5.74, 6) is -1.11. The molecule has 1 aliphatic heterocycles. The highest BCUT2D eigenvalue weighted by Gasteiger charge is 2.45. The van der Waals surface area contributed by atoms with Gasteiger partial charge in [0.2, 0.25) is 0 Å². The number of likely N-dealkylation sites (tertiary alicyclic amines) is 1. The van der Waals surface area contributed by atoms with Crippen LogP contribution in [0.2, 0.25) is 0 Å². The highest BCUT2D eigenvalue weighted by molar-refractivity contribution is 5.99. The van der Waals surface area contributed by atoms with E-state index in [4.69, 9.17) is 0 Å². The first-order chi connectivity index (χ1) is 12.5. The number of hydrogen-bond donors (Lipinski definition) is 1. The van der Waals surface area contributed by atoms with Gasteiger partial charge in [-0.15, -0.1) is 0 Å². The molecule has 0 radical (unpaired) electrons. The molecular weight excluding hydrogens is 336 g/mol. The maximum Gasteiger partial charge on any atom is 0.331 e. The second-order valence-electron chi connectivity index (χ2n) is 6.54. The van der Waals surface area contributed by atoms with Gasteiger partial charge in [-0.1, -0.05) is 0 Å². The van der Waals surface area contributed by atoms with Crippen LogP contribution < -0.4 is 0 Å². The van der Waals surface area contributed by atoms with Gasteiger partial charge in [0.25, 0.3) is 5.91 Å². The molecule has 134 valence electrons. The van der Waals surface area contributed by atoms with Crippen LogP contribution in [-0.4, -0.2) is 59.4 Å². The largest absolute Gasteiger partial charge is 0.479 e. The highest BCUT2D eigenvalue weighted by atomic mass is 16.4. The molecule has 1 N–H and O–H groups in total.